The van der Waals surface area contributed by atoms with Crippen molar-refractivity contribution < 1.29 is 14.3 Å². The third-order valence-electron chi connectivity index (χ3n) is 1.72. The Balaban J connectivity index is 2.60. The molecule has 0 fully saturated rings. The molecule has 0 bridgehead atoms. The second-order valence-corrected chi connectivity index (χ2v) is 2.94. The van der Waals surface area contributed by atoms with Crippen LogP contribution in [0.3, 0.4) is 0 Å². The summed E-state index contributed by atoms with van der Waals surface area (Å²) >= 11 is 0. The molecule has 1 aromatic carbocycles. The molecule has 1 rings (SSSR count). The van der Waals surface area contributed by atoms with Gasteiger partial charge in [0.1, 0.15) is 12.4 Å². The summed E-state index contributed by atoms with van der Waals surface area (Å²) in [5.74, 6) is -1.30. The first kappa shape index (κ1) is 11.2. The lowest BCUT2D eigenvalue weighted by molar-refractivity contribution is -0.135. The predicted octanol–water partition coefficient (Wildman–Crippen LogP) is 1.37. The Morgan fingerprint density at radius 2 is 2.13 bits per heavy atom. The van der Waals surface area contributed by atoms with Crippen molar-refractivity contribution in [1.82, 2.24) is 0 Å². The summed E-state index contributed by atoms with van der Waals surface area (Å²) in [5.41, 5.74) is 0.741. The number of rotatable bonds is 4. The van der Waals surface area contributed by atoms with Crippen LogP contribution in [0, 0.1) is 5.82 Å². The summed E-state index contributed by atoms with van der Waals surface area (Å²) in [4.78, 5) is 15.5. The highest BCUT2D eigenvalue weighted by molar-refractivity contribution is 5.80. The van der Waals surface area contributed by atoms with Gasteiger partial charge in [-0.2, -0.15) is 0 Å². The number of hydrogen-bond acceptors (Lipinski definition) is 2. The molecule has 0 aliphatic heterocycles. The van der Waals surface area contributed by atoms with Gasteiger partial charge < -0.3 is 10.0 Å². The van der Waals surface area contributed by atoms with Crippen LogP contribution < -0.4 is 4.90 Å². The number of aliphatic carboxylic acids is 1. The molecule has 1 N–H and O–H groups in total. The largest absolute Gasteiger partial charge is 0.480 e. The number of carboxylic acids is 1. The summed E-state index contributed by atoms with van der Waals surface area (Å²) in [6.07, 6.45) is 1.39. The van der Waals surface area contributed by atoms with Gasteiger partial charge in [0.15, 0.2) is 0 Å². The second-order valence-electron chi connectivity index (χ2n) is 2.94. The summed E-state index contributed by atoms with van der Waals surface area (Å²) in [5, 5.41) is 8.35. The van der Waals surface area contributed by atoms with Gasteiger partial charge in [0.25, 0.3) is 0 Å². The predicted molar refractivity (Wildman–Crippen MR) is 55.8 cm³/mol. The van der Waals surface area contributed by atoms with E-state index in [1.165, 1.54) is 18.5 Å². The molecule has 80 valence electrons. The normalized spacial score (nSPS) is 10.5. The van der Waals surface area contributed by atoms with E-state index >= 15 is 0 Å². The highest BCUT2D eigenvalue weighted by atomic mass is 19.1. The fourth-order valence-corrected chi connectivity index (χ4v) is 0.984. The van der Waals surface area contributed by atoms with E-state index in [4.69, 9.17) is 5.11 Å². The van der Waals surface area contributed by atoms with E-state index in [0.717, 1.165) is 5.69 Å². The van der Waals surface area contributed by atoms with Gasteiger partial charge in [0, 0.05) is 12.7 Å². The topological polar surface area (TPSA) is 52.9 Å². The van der Waals surface area contributed by atoms with Gasteiger partial charge in [0.05, 0.1) is 6.34 Å². The zero-order valence-electron chi connectivity index (χ0n) is 8.22. The molecule has 0 atom stereocenters. The smallest absolute Gasteiger partial charge is 0.325 e. The van der Waals surface area contributed by atoms with Gasteiger partial charge in [-0.25, -0.2) is 4.39 Å². The van der Waals surface area contributed by atoms with Crippen LogP contribution >= 0.6 is 0 Å². The van der Waals surface area contributed by atoms with Crippen LogP contribution in [0.5, 0.6) is 0 Å². The molecule has 0 aliphatic rings. The number of anilines is 1. The van der Waals surface area contributed by atoms with Gasteiger partial charge in [-0.05, 0) is 24.3 Å². The van der Waals surface area contributed by atoms with Crippen molar-refractivity contribution in [3.8, 4) is 0 Å². The zero-order valence-corrected chi connectivity index (χ0v) is 8.22. The molecule has 0 heterocycles. The van der Waals surface area contributed by atoms with E-state index in [1.54, 1.807) is 24.1 Å². The van der Waals surface area contributed by atoms with E-state index in [2.05, 4.69) is 4.99 Å². The first-order valence-electron chi connectivity index (χ1n) is 4.30. The maximum Gasteiger partial charge on any atom is 0.325 e. The fourth-order valence-electron chi connectivity index (χ4n) is 0.984. The van der Waals surface area contributed by atoms with Crippen molar-refractivity contribution in [1.29, 1.82) is 0 Å². The van der Waals surface area contributed by atoms with Gasteiger partial charge >= 0.3 is 5.97 Å². The zero-order chi connectivity index (χ0) is 11.3. The van der Waals surface area contributed by atoms with E-state index in [1.807, 2.05) is 0 Å². The lowest BCUT2D eigenvalue weighted by atomic mass is 10.3. The van der Waals surface area contributed by atoms with Crippen molar-refractivity contribution in [2.75, 3.05) is 18.5 Å². The number of halogens is 1. The monoisotopic (exact) mass is 210 g/mol. The molecule has 0 saturated heterocycles. The van der Waals surface area contributed by atoms with Crippen LogP contribution in [0.4, 0.5) is 10.1 Å². The molecular weight excluding hydrogens is 199 g/mol. The lowest BCUT2D eigenvalue weighted by Gasteiger charge is -2.12. The number of nitrogens with zero attached hydrogens (tertiary/aromatic N) is 2. The Hall–Kier alpha value is -1.91. The van der Waals surface area contributed by atoms with Gasteiger partial charge in [-0.15, -0.1) is 0 Å². The Morgan fingerprint density at radius 3 is 2.67 bits per heavy atom. The van der Waals surface area contributed by atoms with E-state index in [9.17, 15) is 9.18 Å². The van der Waals surface area contributed by atoms with Crippen LogP contribution in [0.2, 0.25) is 0 Å². The van der Waals surface area contributed by atoms with Crippen molar-refractivity contribution >= 4 is 18.0 Å². The van der Waals surface area contributed by atoms with Crippen molar-refractivity contribution in [3.05, 3.63) is 30.1 Å². The lowest BCUT2D eigenvalue weighted by Crippen LogP contribution is -2.15. The molecule has 0 aliphatic carbocycles. The molecule has 0 radical (unpaired) electrons. The highest BCUT2D eigenvalue weighted by Gasteiger charge is 1.97. The Labute approximate surface area is 86.7 Å². The Kier molecular flexibility index (Phi) is 3.79. The van der Waals surface area contributed by atoms with Gasteiger partial charge in [-0.3, -0.25) is 9.79 Å². The van der Waals surface area contributed by atoms with Gasteiger partial charge in [0.2, 0.25) is 0 Å². The molecule has 0 amide bonds. The number of carbonyl (C=O) groups is 1. The average molecular weight is 210 g/mol. The molecule has 0 spiro atoms. The maximum absolute atomic E-state index is 12.6. The second kappa shape index (κ2) is 5.09. The van der Waals surface area contributed by atoms with E-state index in [0.29, 0.717) is 0 Å². The van der Waals surface area contributed by atoms with Crippen LogP contribution in [0.1, 0.15) is 0 Å². The molecule has 15 heavy (non-hydrogen) atoms. The van der Waals surface area contributed by atoms with Gasteiger partial charge in [-0.1, -0.05) is 0 Å². The van der Waals surface area contributed by atoms with Crippen LogP contribution in [-0.4, -0.2) is 31.0 Å². The van der Waals surface area contributed by atoms with Crippen molar-refractivity contribution in [2.45, 2.75) is 0 Å². The average Bonchev–Trinajstić information content (AvgIpc) is 2.18. The third-order valence-corrected chi connectivity index (χ3v) is 1.72. The van der Waals surface area contributed by atoms with E-state index in [-0.39, 0.29) is 12.4 Å². The van der Waals surface area contributed by atoms with Crippen molar-refractivity contribution in [2.24, 2.45) is 4.99 Å². The number of hydrogen-bond donors (Lipinski definition) is 1. The van der Waals surface area contributed by atoms with Crippen molar-refractivity contribution in [3.63, 3.8) is 0 Å². The third kappa shape index (κ3) is 3.76. The minimum atomic E-state index is -0.987. The van der Waals surface area contributed by atoms with Crippen LogP contribution in [-0.2, 0) is 4.79 Å². The molecular formula is C10H11FN2O2. The molecule has 1 aromatic rings. The summed E-state index contributed by atoms with van der Waals surface area (Å²) in [7, 11) is 1.71. The highest BCUT2D eigenvalue weighted by Crippen LogP contribution is 2.11. The van der Waals surface area contributed by atoms with Crippen LogP contribution in [0.15, 0.2) is 29.3 Å². The summed E-state index contributed by atoms with van der Waals surface area (Å²) in [6.45, 7) is -0.272. The molecule has 0 saturated carbocycles. The standard InChI is InChI=1S/C10H11FN2O2/c1-13(7-12-6-10(14)15)9-4-2-8(11)3-5-9/h2-5,7H,6H2,1H3,(H,14,15). The Morgan fingerprint density at radius 1 is 1.53 bits per heavy atom. The quantitative estimate of drug-likeness (QED) is 0.603. The number of benzene rings is 1. The number of aliphatic imine (C=N–C) groups is 1. The molecule has 0 unspecified atom stereocenters. The van der Waals surface area contributed by atoms with E-state index < -0.39 is 5.97 Å². The minimum Gasteiger partial charge on any atom is -0.480 e. The molecule has 0 aromatic heterocycles. The first-order chi connectivity index (χ1) is 7.09. The van der Waals surface area contributed by atoms with Crippen LogP contribution in [0.25, 0.3) is 0 Å². The minimum absolute atomic E-state index is 0.272. The maximum atomic E-state index is 12.6. The molecule has 5 heteroatoms. The Bertz CT molecular complexity index is 362. The molecule has 4 nitrogen and oxygen atoms in total. The summed E-state index contributed by atoms with van der Waals surface area (Å²) in [6, 6.07) is 5.83. The fraction of sp³-hybridized carbons (Fsp3) is 0.200. The summed E-state index contributed by atoms with van der Waals surface area (Å²) < 4.78 is 12.6. The SMILES string of the molecule is CN(C=NCC(=O)O)c1ccc(F)cc1. The number of carboxylic acid groups (broad SMARTS) is 1. The first-order valence-corrected chi connectivity index (χ1v) is 4.30.